The third-order valence-corrected chi connectivity index (χ3v) is 6.15. The summed E-state index contributed by atoms with van der Waals surface area (Å²) in [5, 5.41) is 0. The number of aryl methyl sites for hydroxylation is 2. The molecule has 3 aliphatic carbocycles. The summed E-state index contributed by atoms with van der Waals surface area (Å²) in [5.74, 6) is 4.25. The van der Waals surface area contributed by atoms with Gasteiger partial charge in [0.15, 0.2) is 11.6 Å². The zero-order valence-electron chi connectivity index (χ0n) is 15.5. The SMILES string of the molecule is Cc1ccc(C#CC23C=C(F)C(c4ccc(C)c(F)c4F)(CC2)CC3)cc1. The molecule has 0 spiro atoms. The minimum atomic E-state index is -1.05. The van der Waals surface area contributed by atoms with Gasteiger partial charge in [0.25, 0.3) is 0 Å². The van der Waals surface area contributed by atoms with Crippen molar-refractivity contribution in [2.45, 2.75) is 44.9 Å². The van der Waals surface area contributed by atoms with Gasteiger partial charge in [-0.15, -0.1) is 0 Å². The summed E-state index contributed by atoms with van der Waals surface area (Å²) in [7, 11) is 0. The number of benzene rings is 2. The van der Waals surface area contributed by atoms with E-state index in [9.17, 15) is 8.78 Å². The molecule has 0 amide bonds. The summed E-state index contributed by atoms with van der Waals surface area (Å²) >= 11 is 0. The quantitative estimate of drug-likeness (QED) is 0.520. The molecule has 5 rings (SSSR count). The van der Waals surface area contributed by atoms with E-state index in [0.29, 0.717) is 25.7 Å². The maximum atomic E-state index is 15.2. The Labute approximate surface area is 158 Å². The van der Waals surface area contributed by atoms with Crippen molar-refractivity contribution in [1.29, 1.82) is 0 Å². The Morgan fingerprint density at radius 3 is 2.11 bits per heavy atom. The third kappa shape index (κ3) is 2.88. The molecule has 138 valence electrons. The predicted molar refractivity (Wildman–Crippen MR) is 101 cm³/mol. The van der Waals surface area contributed by atoms with Gasteiger partial charge in [0.05, 0.1) is 5.41 Å². The van der Waals surface area contributed by atoms with Crippen LogP contribution in [0.5, 0.6) is 0 Å². The number of allylic oxidation sites excluding steroid dienone is 2. The number of fused-ring (bicyclic) bond motifs is 2. The second-order valence-electron chi connectivity index (χ2n) is 7.90. The third-order valence-electron chi connectivity index (χ3n) is 6.15. The molecule has 0 nitrogen and oxygen atoms in total. The van der Waals surface area contributed by atoms with Crippen LogP contribution < -0.4 is 0 Å². The zero-order valence-corrected chi connectivity index (χ0v) is 15.5. The van der Waals surface area contributed by atoms with E-state index in [1.165, 1.54) is 19.1 Å². The Hall–Kier alpha value is -2.47. The molecule has 0 saturated heterocycles. The summed E-state index contributed by atoms with van der Waals surface area (Å²) in [4.78, 5) is 0. The monoisotopic (exact) mass is 366 g/mol. The van der Waals surface area contributed by atoms with Crippen LogP contribution >= 0.6 is 0 Å². The highest BCUT2D eigenvalue weighted by Crippen LogP contribution is 2.57. The van der Waals surface area contributed by atoms with E-state index in [4.69, 9.17) is 0 Å². The molecule has 27 heavy (non-hydrogen) atoms. The average molecular weight is 366 g/mol. The molecule has 0 atom stereocenters. The lowest BCUT2D eigenvalue weighted by atomic mass is 9.55. The Morgan fingerprint density at radius 2 is 1.48 bits per heavy atom. The van der Waals surface area contributed by atoms with E-state index < -0.39 is 22.5 Å². The van der Waals surface area contributed by atoms with Gasteiger partial charge in [0.1, 0.15) is 5.83 Å². The molecule has 3 heteroatoms. The van der Waals surface area contributed by atoms with Crippen molar-refractivity contribution in [2.75, 3.05) is 0 Å². The highest BCUT2D eigenvalue weighted by Gasteiger charge is 2.51. The Kier molecular flexibility index (Phi) is 4.18. The standard InChI is InChI=1S/C24H21F3/c1-16-3-6-18(7-4-16)9-10-23-11-13-24(14-12-23,20(25)15-23)19-8-5-17(2)21(26)22(19)27/h3-8,15H,11-14H2,1-2H3. The van der Waals surface area contributed by atoms with Gasteiger partial charge in [0, 0.05) is 16.5 Å². The van der Waals surface area contributed by atoms with Crippen molar-refractivity contribution < 1.29 is 13.2 Å². The van der Waals surface area contributed by atoms with Crippen LogP contribution in [0.4, 0.5) is 13.2 Å². The molecule has 0 aliphatic heterocycles. The molecule has 0 unspecified atom stereocenters. The first-order valence-electron chi connectivity index (χ1n) is 9.29. The lowest BCUT2D eigenvalue weighted by molar-refractivity contribution is 0.176. The Balaban J connectivity index is 1.71. The van der Waals surface area contributed by atoms with Crippen molar-refractivity contribution in [2.24, 2.45) is 5.41 Å². The van der Waals surface area contributed by atoms with E-state index in [1.54, 1.807) is 6.08 Å². The maximum Gasteiger partial charge on any atom is 0.163 e. The molecule has 3 aliphatic rings. The van der Waals surface area contributed by atoms with Gasteiger partial charge in [-0.05, 0) is 63.3 Å². The lowest BCUT2D eigenvalue weighted by Gasteiger charge is -2.48. The zero-order chi connectivity index (χ0) is 19.2. The van der Waals surface area contributed by atoms with Gasteiger partial charge >= 0.3 is 0 Å². The van der Waals surface area contributed by atoms with Gasteiger partial charge < -0.3 is 0 Å². The smallest absolute Gasteiger partial charge is 0.163 e. The summed E-state index contributed by atoms with van der Waals surface area (Å²) in [6, 6.07) is 11.0. The number of hydrogen-bond donors (Lipinski definition) is 0. The second kappa shape index (κ2) is 6.30. The first-order valence-corrected chi connectivity index (χ1v) is 9.29. The molecule has 1 fully saturated rings. The van der Waals surface area contributed by atoms with E-state index in [0.717, 1.165) is 11.1 Å². The van der Waals surface area contributed by atoms with Gasteiger partial charge in [-0.25, -0.2) is 13.2 Å². The second-order valence-corrected chi connectivity index (χ2v) is 7.90. The minimum absolute atomic E-state index is 0.138. The van der Waals surface area contributed by atoms with E-state index in [-0.39, 0.29) is 17.0 Å². The number of rotatable bonds is 1. The molecule has 2 aromatic rings. The van der Waals surface area contributed by atoms with Crippen LogP contribution in [0.25, 0.3) is 0 Å². The van der Waals surface area contributed by atoms with Crippen molar-refractivity contribution in [3.8, 4) is 11.8 Å². The maximum absolute atomic E-state index is 15.2. The minimum Gasteiger partial charge on any atom is -0.211 e. The van der Waals surface area contributed by atoms with Gasteiger partial charge in [-0.2, -0.15) is 0 Å². The van der Waals surface area contributed by atoms with Gasteiger partial charge in [0.2, 0.25) is 0 Å². The topological polar surface area (TPSA) is 0 Å². The van der Waals surface area contributed by atoms with Crippen molar-refractivity contribution in [3.05, 3.63) is 82.2 Å². The average Bonchev–Trinajstić information content (AvgIpc) is 2.67. The van der Waals surface area contributed by atoms with Crippen LogP contribution in [-0.4, -0.2) is 0 Å². The normalized spacial score (nSPS) is 26.3. The fourth-order valence-corrected chi connectivity index (χ4v) is 4.29. The van der Waals surface area contributed by atoms with Gasteiger partial charge in [-0.1, -0.05) is 41.7 Å². The van der Waals surface area contributed by atoms with Crippen LogP contribution in [-0.2, 0) is 5.41 Å². The molecule has 2 bridgehead atoms. The van der Waals surface area contributed by atoms with Crippen LogP contribution in [0.2, 0.25) is 0 Å². The van der Waals surface area contributed by atoms with Crippen LogP contribution in [0.3, 0.4) is 0 Å². The van der Waals surface area contributed by atoms with Crippen molar-refractivity contribution in [3.63, 3.8) is 0 Å². The van der Waals surface area contributed by atoms with E-state index in [1.807, 2.05) is 31.2 Å². The largest absolute Gasteiger partial charge is 0.211 e. The molecular formula is C24H21F3. The van der Waals surface area contributed by atoms with Crippen LogP contribution in [0, 0.1) is 42.7 Å². The van der Waals surface area contributed by atoms with E-state index >= 15 is 4.39 Å². The molecule has 0 radical (unpaired) electrons. The first kappa shape index (κ1) is 17.9. The molecular weight excluding hydrogens is 345 g/mol. The summed E-state index contributed by atoms with van der Waals surface area (Å²) < 4.78 is 43.8. The molecule has 0 aromatic heterocycles. The van der Waals surface area contributed by atoms with Crippen molar-refractivity contribution >= 4 is 0 Å². The Bertz CT molecular complexity index is 979. The molecule has 1 saturated carbocycles. The van der Waals surface area contributed by atoms with Crippen LogP contribution in [0.15, 0.2) is 48.3 Å². The lowest BCUT2D eigenvalue weighted by Crippen LogP contribution is -2.42. The molecule has 2 aromatic carbocycles. The predicted octanol–water partition coefficient (Wildman–Crippen LogP) is 6.30. The first-order chi connectivity index (χ1) is 12.9. The summed E-state index contributed by atoms with van der Waals surface area (Å²) in [6.07, 6.45) is 3.73. The fraction of sp³-hybridized carbons (Fsp3) is 0.333. The summed E-state index contributed by atoms with van der Waals surface area (Å²) in [6.45, 7) is 3.53. The van der Waals surface area contributed by atoms with Crippen molar-refractivity contribution in [1.82, 2.24) is 0 Å². The molecule has 0 heterocycles. The van der Waals surface area contributed by atoms with Crippen LogP contribution in [0.1, 0.15) is 47.9 Å². The highest BCUT2D eigenvalue weighted by molar-refractivity contribution is 5.46. The highest BCUT2D eigenvalue weighted by atomic mass is 19.2. The number of hydrogen-bond acceptors (Lipinski definition) is 0. The Morgan fingerprint density at radius 1 is 0.815 bits per heavy atom. The number of halogens is 3. The summed E-state index contributed by atoms with van der Waals surface area (Å²) in [5.41, 5.74) is 0.874. The fourth-order valence-electron chi connectivity index (χ4n) is 4.29. The molecule has 0 N–H and O–H groups in total. The van der Waals surface area contributed by atoms with Gasteiger partial charge in [-0.3, -0.25) is 0 Å². The van der Waals surface area contributed by atoms with E-state index in [2.05, 4.69) is 11.8 Å².